The van der Waals surface area contributed by atoms with E-state index in [-0.39, 0.29) is 25.7 Å². The van der Waals surface area contributed by atoms with Gasteiger partial charge in [0, 0.05) is 25.7 Å². The molecule has 0 aromatic carbocycles. The highest BCUT2D eigenvalue weighted by atomic mass is 16.7. The lowest BCUT2D eigenvalue weighted by atomic mass is 10.2. The number of carbonyl (C=O) groups is 3. The van der Waals surface area contributed by atoms with Gasteiger partial charge in [0.25, 0.3) is 11.8 Å². The monoisotopic (exact) mass is 210 g/mol. The van der Waals surface area contributed by atoms with Crippen LogP contribution in [0.1, 0.15) is 32.1 Å². The summed E-state index contributed by atoms with van der Waals surface area (Å²) in [6.07, 6.45) is 0.821. The smallest absolute Gasteiger partial charge is 0.330 e. The molecule has 15 heavy (non-hydrogen) atoms. The first-order valence-electron chi connectivity index (χ1n) is 4.58. The van der Waals surface area contributed by atoms with Crippen LogP contribution >= 0.6 is 0 Å². The summed E-state index contributed by atoms with van der Waals surface area (Å²) in [4.78, 5) is 37.7. The van der Waals surface area contributed by atoms with E-state index in [9.17, 15) is 14.4 Å². The van der Waals surface area contributed by atoms with Crippen molar-refractivity contribution >= 4 is 17.8 Å². The molecular formula is C9H10N2O4. The number of nitrogens with zero attached hydrogens (tertiary/aromatic N) is 2. The van der Waals surface area contributed by atoms with Crippen LogP contribution in [0.25, 0.3) is 0 Å². The van der Waals surface area contributed by atoms with Crippen LogP contribution in [0.3, 0.4) is 0 Å². The topological polar surface area (TPSA) is 87.5 Å². The molecule has 1 saturated heterocycles. The number of rotatable bonds is 4. The normalized spacial score (nSPS) is 15.3. The third-order valence-corrected chi connectivity index (χ3v) is 1.87. The highest BCUT2D eigenvalue weighted by Gasteiger charge is 2.32. The molecule has 1 heterocycles. The minimum absolute atomic E-state index is 0.0324. The average Bonchev–Trinajstić information content (AvgIpc) is 2.50. The third-order valence-electron chi connectivity index (χ3n) is 1.87. The predicted molar refractivity (Wildman–Crippen MR) is 46.6 cm³/mol. The van der Waals surface area contributed by atoms with Crippen molar-refractivity contribution in [2.75, 3.05) is 0 Å². The first-order chi connectivity index (χ1) is 7.15. The van der Waals surface area contributed by atoms with Gasteiger partial charge in [0.05, 0.1) is 6.07 Å². The largest absolute Gasteiger partial charge is 0.333 e. The molecule has 0 spiro atoms. The number of carbonyl (C=O) groups excluding carboxylic acids is 3. The first-order valence-corrected chi connectivity index (χ1v) is 4.58. The highest BCUT2D eigenvalue weighted by molar-refractivity contribution is 6.01. The van der Waals surface area contributed by atoms with Gasteiger partial charge in [-0.05, 0) is 6.42 Å². The van der Waals surface area contributed by atoms with Gasteiger partial charge in [0.1, 0.15) is 0 Å². The Morgan fingerprint density at radius 3 is 2.53 bits per heavy atom. The lowest BCUT2D eigenvalue weighted by molar-refractivity contribution is -0.197. The Balaban J connectivity index is 2.34. The van der Waals surface area contributed by atoms with Crippen molar-refractivity contribution in [1.29, 1.82) is 5.26 Å². The molecule has 2 amide bonds. The molecule has 0 aromatic rings. The SMILES string of the molecule is N#CCCCC(=O)ON1C(=O)CCC1=O. The maximum atomic E-state index is 11.1. The average molecular weight is 210 g/mol. The number of nitriles is 1. The van der Waals surface area contributed by atoms with Crippen molar-refractivity contribution in [3.8, 4) is 6.07 Å². The molecular weight excluding hydrogens is 200 g/mol. The molecule has 0 N–H and O–H groups in total. The highest BCUT2D eigenvalue weighted by Crippen LogP contribution is 2.12. The standard InChI is InChI=1S/C9H10N2O4/c10-6-2-1-3-9(14)15-11-7(12)4-5-8(11)13/h1-5H2. The quantitative estimate of drug-likeness (QED) is 0.491. The second kappa shape index (κ2) is 5.10. The zero-order valence-corrected chi connectivity index (χ0v) is 8.06. The van der Waals surface area contributed by atoms with Crippen LogP contribution in [-0.4, -0.2) is 22.8 Å². The number of hydroxylamine groups is 2. The Bertz CT molecular complexity index is 315. The molecule has 1 aliphatic heterocycles. The van der Waals surface area contributed by atoms with Gasteiger partial charge >= 0.3 is 5.97 Å². The lowest BCUT2D eigenvalue weighted by Crippen LogP contribution is -2.31. The van der Waals surface area contributed by atoms with Crippen molar-refractivity contribution < 1.29 is 19.2 Å². The molecule has 0 radical (unpaired) electrons. The van der Waals surface area contributed by atoms with Crippen LogP contribution in [0.15, 0.2) is 0 Å². The molecule has 6 heteroatoms. The Kier molecular flexibility index (Phi) is 3.80. The molecule has 1 fully saturated rings. The van der Waals surface area contributed by atoms with Crippen LogP contribution in [0.2, 0.25) is 0 Å². The van der Waals surface area contributed by atoms with E-state index < -0.39 is 17.8 Å². The number of hydrogen-bond acceptors (Lipinski definition) is 5. The number of amides is 2. The molecule has 0 atom stereocenters. The van der Waals surface area contributed by atoms with Gasteiger partial charge in [0.15, 0.2) is 0 Å². The van der Waals surface area contributed by atoms with E-state index in [2.05, 4.69) is 4.84 Å². The molecule has 0 unspecified atom stereocenters. The summed E-state index contributed by atoms with van der Waals surface area (Å²) in [5.74, 6) is -1.64. The molecule has 1 aliphatic rings. The summed E-state index contributed by atoms with van der Waals surface area (Å²) in [7, 11) is 0. The van der Waals surface area contributed by atoms with Gasteiger partial charge in [-0.15, -0.1) is 5.06 Å². The maximum absolute atomic E-state index is 11.1. The zero-order chi connectivity index (χ0) is 11.3. The maximum Gasteiger partial charge on any atom is 0.333 e. The Morgan fingerprint density at radius 1 is 1.40 bits per heavy atom. The van der Waals surface area contributed by atoms with Crippen LogP contribution in [0.5, 0.6) is 0 Å². The van der Waals surface area contributed by atoms with Crippen LogP contribution in [-0.2, 0) is 19.2 Å². The van der Waals surface area contributed by atoms with E-state index in [1.165, 1.54) is 0 Å². The van der Waals surface area contributed by atoms with Crippen molar-refractivity contribution in [3.63, 3.8) is 0 Å². The molecule has 0 bridgehead atoms. The van der Waals surface area contributed by atoms with Crippen LogP contribution < -0.4 is 0 Å². The van der Waals surface area contributed by atoms with Gasteiger partial charge in [-0.1, -0.05) is 0 Å². The fourth-order valence-electron chi connectivity index (χ4n) is 1.12. The minimum atomic E-state index is -0.658. The molecule has 0 aliphatic carbocycles. The summed E-state index contributed by atoms with van der Waals surface area (Å²) in [6.45, 7) is 0. The number of hydrogen-bond donors (Lipinski definition) is 0. The van der Waals surface area contributed by atoms with Gasteiger partial charge in [-0.2, -0.15) is 5.26 Å². The molecule has 0 aromatic heterocycles. The lowest BCUT2D eigenvalue weighted by Gasteiger charge is -2.11. The van der Waals surface area contributed by atoms with E-state index in [4.69, 9.17) is 5.26 Å². The van der Waals surface area contributed by atoms with Gasteiger partial charge < -0.3 is 4.84 Å². The van der Waals surface area contributed by atoms with Crippen molar-refractivity contribution in [2.24, 2.45) is 0 Å². The van der Waals surface area contributed by atoms with E-state index in [1.807, 2.05) is 6.07 Å². The summed E-state index contributed by atoms with van der Waals surface area (Å²) in [5.41, 5.74) is 0. The Labute approximate surface area is 86.4 Å². The van der Waals surface area contributed by atoms with E-state index >= 15 is 0 Å². The van der Waals surface area contributed by atoms with E-state index in [1.54, 1.807) is 0 Å². The summed E-state index contributed by atoms with van der Waals surface area (Å²) in [5, 5.41) is 8.74. The van der Waals surface area contributed by atoms with E-state index in [0.29, 0.717) is 11.5 Å². The second-order valence-corrected chi connectivity index (χ2v) is 3.06. The van der Waals surface area contributed by atoms with E-state index in [0.717, 1.165) is 0 Å². The summed E-state index contributed by atoms with van der Waals surface area (Å²) >= 11 is 0. The molecule has 80 valence electrons. The first kappa shape index (κ1) is 11.2. The third kappa shape index (κ3) is 3.06. The van der Waals surface area contributed by atoms with Crippen LogP contribution in [0, 0.1) is 11.3 Å². The van der Waals surface area contributed by atoms with Crippen molar-refractivity contribution in [2.45, 2.75) is 32.1 Å². The molecule has 6 nitrogen and oxygen atoms in total. The predicted octanol–water partition coefficient (Wildman–Crippen LogP) is 0.287. The Morgan fingerprint density at radius 2 is 2.00 bits per heavy atom. The van der Waals surface area contributed by atoms with Gasteiger partial charge in [-0.25, -0.2) is 4.79 Å². The van der Waals surface area contributed by atoms with Crippen molar-refractivity contribution in [1.82, 2.24) is 5.06 Å². The fraction of sp³-hybridized carbons (Fsp3) is 0.556. The Hall–Kier alpha value is -1.90. The second-order valence-electron chi connectivity index (χ2n) is 3.06. The van der Waals surface area contributed by atoms with Crippen molar-refractivity contribution in [3.05, 3.63) is 0 Å². The number of imide groups is 1. The van der Waals surface area contributed by atoms with Gasteiger partial charge in [0.2, 0.25) is 0 Å². The zero-order valence-electron chi connectivity index (χ0n) is 8.06. The van der Waals surface area contributed by atoms with Crippen LogP contribution in [0.4, 0.5) is 0 Å². The molecule has 0 saturated carbocycles. The molecule has 1 rings (SSSR count). The fourth-order valence-corrected chi connectivity index (χ4v) is 1.12. The van der Waals surface area contributed by atoms with Gasteiger partial charge in [-0.3, -0.25) is 9.59 Å². The number of unbranched alkanes of at least 4 members (excludes halogenated alkanes) is 1. The minimum Gasteiger partial charge on any atom is -0.330 e. The summed E-state index contributed by atoms with van der Waals surface area (Å²) < 4.78 is 0. The summed E-state index contributed by atoms with van der Waals surface area (Å²) in [6, 6.07) is 1.88.